The third kappa shape index (κ3) is 3.10. The van der Waals surface area contributed by atoms with Crippen molar-refractivity contribution >= 4 is 33.9 Å². The average Bonchev–Trinajstić information content (AvgIpc) is 2.57. The molecule has 5 nitrogen and oxygen atoms in total. The summed E-state index contributed by atoms with van der Waals surface area (Å²) in [5.74, 6) is 0.732. The Bertz CT molecular complexity index is 865. The highest BCUT2D eigenvalue weighted by atomic mass is 35.5. The summed E-state index contributed by atoms with van der Waals surface area (Å²) in [5, 5.41) is 16.5. The molecule has 6 heteroatoms. The van der Waals surface area contributed by atoms with E-state index in [-0.39, 0.29) is 11.7 Å². The number of halogens is 1. The van der Waals surface area contributed by atoms with Gasteiger partial charge >= 0.3 is 0 Å². The Morgan fingerprint density at radius 2 is 1.78 bits per heavy atom. The molecule has 3 rings (SSSR count). The minimum atomic E-state index is -0.407. The Morgan fingerprint density at radius 3 is 2.43 bits per heavy atom. The Balaban J connectivity index is 1.89. The first kappa shape index (κ1) is 15.2. The van der Waals surface area contributed by atoms with Crippen LogP contribution >= 0.6 is 11.6 Å². The van der Waals surface area contributed by atoms with Gasteiger partial charge in [-0.25, -0.2) is 4.98 Å². The lowest BCUT2D eigenvalue weighted by atomic mass is 10.1. The molecule has 2 aromatic carbocycles. The molecule has 0 aliphatic rings. The number of fused-ring (bicyclic) bond motifs is 1. The van der Waals surface area contributed by atoms with Gasteiger partial charge in [0.05, 0.1) is 9.95 Å². The van der Waals surface area contributed by atoms with Crippen molar-refractivity contribution in [2.75, 3.05) is 5.32 Å². The van der Waals surface area contributed by atoms with Crippen molar-refractivity contribution in [3.05, 3.63) is 75.4 Å². The van der Waals surface area contributed by atoms with Crippen LogP contribution in [-0.2, 0) is 0 Å². The number of hydrogen-bond acceptors (Lipinski definition) is 4. The molecule has 0 fully saturated rings. The van der Waals surface area contributed by atoms with Crippen molar-refractivity contribution in [1.82, 2.24) is 4.98 Å². The zero-order valence-electron chi connectivity index (χ0n) is 12.4. The number of aromatic nitrogens is 1. The van der Waals surface area contributed by atoms with E-state index in [1.165, 1.54) is 12.1 Å². The number of nitro benzene ring substituents is 1. The zero-order chi connectivity index (χ0) is 16.4. The van der Waals surface area contributed by atoms with Gasteiger partial charge in [0.15, 0.2) is 0 Å². The molecule has 0 saturated heterocycles. The van der Waals surface area contributed by atoms with E-state index in [1.807, 2.05) is 31.2 Å². The van der Waals surface area contributed by atoms with Gasteiger partial charge in [-0.15, -0.1) is 0 Å². The van der Waals surface area contributed by atoms with Crippen molar-refractivity contribution in [3.63, 3.8) is 0 Å². The normalized spacial score (nSPS) is 12.1. The Kier molecular flexibility index (Phi) is 4.12. The highest BCUT2D eigenvalue weighted by molar-refractivity contribution is 6.35. The second-order valence-corrected chi connectivity index (χ2v) is 5.62. The molecule has 0 amide bonds. The van der Waals surface area contributed by atoms with Crippen molar-refractivity contribution < 1.29 is 4.92 Å². The van der Waals surface area contributed by atoms with Crippen LogP contribution in [0.4, 0.5) is 11.5 Å². The molecular formula is C17H14ClN3O2. The zero-order valence-corrected chi connectivity index (χ0v) is 13.1. The lowest BCUT2D eigenvalue weighted by Gasteiger charge is -2.16. The highest BCUT2D eigenvalue weighted by Crippen LogP contribution is 2.30. The predicted molar refractivity (Wildman–Crippen MR) is 91.9 cm³/mol. The SMILES string of the molecule is CC(Nc1ncc(Cl)c2ccccc12)c1ccc([N+](=O)[O-])cc1. The molecule has 0 aliphatic heterocycles. The van der Waals surface area contributed by atoms with Crippen LogP contribution in [0, 0.1) is 10.1 Å². The highest BCUT2D eigenvalue weighted by Gasteiger charge is 2.12. The summed E-state index contributed by atoms with van der Waals surface area (Å²) in [4.78, 5) is 14.7. The van der Waals surface area contributed by atoms with E-state index in [0.717, 1.165) is 22.2 Å². The molecule has 1 unspecified atom stereocenters. The van der Waals surface area contributed by atoms with Crippen molar-refractivity contribution in [1.29, 1.82) is 0 Å². The lowest BCUT2D eigenvalue weighted by Crippen LogP contribution is -2.08. The molecule has 0 bridgehead atoms. The number of benzene rings is 2. The fraction of sp³-hybridized carbons (Fsp3) is 0.118. The van der Waals surface area contributed by atoms with Crippen molar-refractivity contribution in [3.8, 4) is 0 Å². The van der Waals surface area contributed by atoms with Gasteiger partial charge in [0, 0.05) is 35.1 Å². The van der Waals surface area contributed by atoms with Gasteiger partial charge in [0.25, 0.3) is 5.69 Å². The fourth-order valence-corrected chi connectivity index (χ4v) is 2.66. The summed E-state index contributed by atoms with van der Waals surface area (Å²) in [5.41, 5.74) is 1.02. The number of nitro groups is 1. The van der Waals surface area contributed by atoms with Crippen LogP contribution in [0.2, 0.25) is 5.02 Å². The Hall–Kier alpha value is -2.66. The van der Waals surface area contributed by atoms with Gasteiger partial charge < -0.3 is 5.32 Å². The molecule has 1 aromatic heterocycles. The van der Waals surface area contributed by atoms with Crippen LogP contribution in [0.1, 0.15) is 18.5 Å². The molecule has 23 heavy (non-hydrogen) atoms. The van der Waals surface area contributed by atoms with Crippen molar-refractivity contribution in [2.45, 2.75) is 13.0 Å². The first-order chi connectivity index (χ1) is 11.1. The van der Waals surface area contributed by atoms with Crippen LogP contribution in [0.15, 0.2) is 54.7 Å². The molecular weight excluding hydrogens is 314 g/mol. The van der Waals surface area contributed by atoms with Crippen LogP contribution in [-0.4, -0.2) is 9.91 Å². The topological polar surface area (TPSA) is 68.1 Å². The van der Waals surface area contributed by atoms with E-state index in [1.54, 1.807) is 18.3 Å². The van der Waals surface area contributed by atoms with Crippen LogP contribution in [0.3, 0.4) is 0 Å². The number of nitrogens with one attached hydrogen (secondary N) is 1. The maximum absolute atomic E-state index is 10.7. The van der Waals surface area contributed by atoms with Crippen LogP contribution < -0.4 is 5.32 Å². The van der Waals surface area contributed by atoms with Gasteiger partial charge in [-0.05, 0) is 12.5 Å². The number of rotatable bonds is 4. The maximum Gasteiger partial charge on any atom is 0.269 e. The minimum absolute atomic E-state index is 0.0483. The second-order valence-electron chi connectivity index (χ2n) is 5.21. The number of anilines is 1. The first-order valence-electron chi connectivity index (χ1n) is 7.10. The van der Waals surface area contributed by atoms with E-state index in [0.29, 0.717) is 5.02 Å². The Labute approximate surface area is 138 Å². The summed E-state index contributed by atoms with van der Waals surface area (Å²) in [7, 11) is 0. The Morgan fingerprint density at radius 1 is 1.13 bits per heavy atom. The quantitative estimate of drug-likeness (QED) is 0.542. The molecule has 1 N–H and O–H groups in total. The standard InChI is InChI=1S/C17H14ClN3O2/c1-11(12-6-8-13(9-7-12)21(22)23)20-17-15-5-3-2-4-14(15)16(18)10-19-17/h2-11H,1H3,(H,19,20). The monoisotopic (exact) mass is 327 g/mol. The van der Waals surface area contributed by atoms with Crippen LogP contribution in [0.5, 0.6) is 0 Å². The molecule has 0 spiro atoms. The van der Waals surface area contributed by atoms with E-state index in [2.05, 4.69) is 10.3 Å². The predicted octanol–water partition coefficient (Wildman–Crippen LogP) is 4.97. The van der Waals surface area contributed by atoms with E-state index in [4.69, 9.17) is 11.6 Å². The third-order valence-electron chi connectivity index (χ3n) is 3.70. The van der Waals surface area contributed by atoms with E-state index >= 15 is 0 Å². The molecule has 3 aromatic rings. The van der Waals surface area contributed by atoms with Gasteiger partial charge in [0.2, 0.25) is 0 Å². The number of nitrogens with zero attached hydrogens (tertiary/aromatic N) is 2. The number of hydrogen-bond donors (Lipinski definition) is 1. The van der Waals surface area contributed by atoms with Gasteiger partial charge in [-0.1, -0.05) is 48.0 Å². The maximum atomic E-state index is 10.7. The average molecular weight is 328 g/mol. The van der Waals surface area contributed by atoms with E-state index < -0.39 is 4.92 Å². The summed E-state index contributed by atoms with van der Waals surface area (Å²) < 4.78 is 0. The molecule has 116 valence electrons. The van der Waals surface area contributed by atoms with E-state index in [9.17, 15) is 10.1 Å². The molecule has 0 radical (unpaired) electrons. The largest absolute Gasteiger partial charge is 0.363 e. The first-order valence-corrected chi connectivity index (χ1v) is 7.48. The summed E-state index contributed by atoms with van der Waals surface area (Å²) >= 11 is 6.18. The summed E-state index contributed by atoms with van der Waals surface area (Å²) in [6.07, 6.45) is 1.62. The lowest BCUT2D eigenvalue weighted by molar-refractivity contribution is -0.384. The minimum Gasteiger partial charge on any atom is -0.363 e. The fourth-order valence-electron chi connectivity index (χ4n) is 2.45. The number of pyridine rings is 1. The number of non-ortho nitro benzene ring substituents is 1. The summed E-state index contributed by atoms with van der Waals surface area (Å²) in [6.45, 7) is 1.98. The molecule has 1 atom stereocenters. The van der Waals surface area contributed by atoms with Crippen molar-refractivity contribution in [2.24, 2.45) is 0 Å². The van der Waals surface area contributed by atoms with Gasteiger partial charge in [0.1, 0.15) is 5.82 Å². The summed E-state index contributed by atoms with van der Waals surface area (Å²) in [6, 6.07) is 14.2. The smallest absolute Gasteiger partial charge is 0.269 e. The van der Waals surface area contributed by atoms with Crippen LogP contribution in [0.25, 0.3) is 10.8 Å². The van der Waals surface area contributed by atoms with Gasteiger partial charge in [-0.3, -0.25) is 10.1 Å². The molecule has 0 saturated carbocycles. The second kappa shape index (κ2) is 6.22. The van der Waals surface area contributed by atoms with Gasteiger partial charge in [-0.2, -0.15) is 0 Å². The molecule has 0 aliphatic carbocycles. The third-order valence-corrected chi connectivity index (χ3v) is 4.00. The molecule has 1 heterocycles.